The minimum Gasteiger partial charge on any atom is -0.350 e. The van der Waals surface area contributed by atoms with Crippen molar-refractivity contribution in [2.45, 2.75) is 52.2 Å². The molecule has 5 nitrogen and oxygen atoms in total. The van der Waals surface area contributed by atoms with Crippen LogP contribution in [0.4, 0.5) is 4.39 Å². The number of halogens is 1. The molecule has 1 aliphatic heterocycles. The number of rotatable bonds is 8. The third kappa shape index (κ3) is 6.89. The smallest absolute Gasteiger partial charge is 0.251 e. The van der Waals surface area contributed by atoms with E-state index >= 15 is 0 Å². The molecule has 1 saturated heterocycles. The summed E-state index contributed by atoms with van der Waals surface area (Å²) in [5.74, 6) is -1.11. The quantitative estimate of drug-likeness (QED) is 0.607. The van der Waals surface area contributed by atoms with E-state index in [1.807, 2.05) is 13.8 Å². The number of hydrogen-bond donors (Lipinski definition) is 3. The van der Waals surface area contributed by atoms with Gasteiger partial charge in [0.15, 0.2) is 0 Å². The summed E-state index contributed by atoms with van der Waals surface area (Å²) in [7, 11) is 0. The number of amides is 2. The third-order valence-corrected chi connectivity index (χ3v) is 5.85. The number of carbonyl (C=O) groups excluding carboxylic acids is 2. The van der Waals surface area contributed by atoms with Crippen molar-refractivity contribution in [1.29, 1.82) is 0 Å². The maximum atomic E-state index is 13.1. The van der Waals surface area contributed by atoms with Gasteiger partial charge in [-0.3, -0.25) is 9.59 Å². The van der Waals surface area contributed by atoms with Gasteiger partial charge in [0.1, 0.15) is 18.4 Å². The van der Waals surface area contributed by atoms with Crippen molar-refractivity contribution in [2.24, 2.45) is 5.92 Å². The highest BCUT2D eigenvalue weighted by Gasteiger charge is 2.24. The molecule has 1 fully saturated rings. The van der Waals surface area contributed by atoms with Gasteiger partial charge in [0.25, 0.3) is 5.91 Å². The number of benzene rings is 2. The Morgan fingerprint density at radius 3 is 2.16 bits per heavy atom. The lowest BCUT2D eigenvalue weighted by molar-refractivity contribution is -0.918. The SMILES string of the molecule is CC(C)[C@H](NC(=O)c1ccc(F)cc1)C(=O)NCc1ccc(C[NH+]2CCCCC2)cc1. The molecule has 0 saturated carbocycles. The molecule has 3 rings (SSSR count). The largest absolute Gasteiger partial charge is 0.350 e. The Kier molecular flexibility index (Phi) is 8.18. The van der Waals surface area contributed by atoms with Gasteiger partial charge < -0.3 is 15.5 Å². The second-order valence-corrected chi connectivity index (χ2v) is 8.72. The Bertz CT molecular complexity index is 859. The molecule has 3 N–H and O–H groups in total. The first kappa shape index (κ1) is 22.9. The zero-order valence-electron chi connectivity index (χ0n) is 18.4. The summed E-state index contributed by atoms with van der Waals surface area (Å²) < 4.78 is 13.1. The Labute approximate surface area is 184 Å². The van der Waals surface area contributed by atoms with E-state index in [0.29, 0.717) is 12.1 Å². The third-order valence-electron chi connectivity index (χ3n) is 5.85. The van der Waals surface area contributed by atoms with Crippen LogP contribution in [0.1, 0.15) is 54.6 Å². The summed E-state index contributed by atoms with van der Waals surface area (Å²) in [4.78, 5) is 26.8. The van der Waals surface area contributed by atoms with Crippen LogP contribution in [-0.4, -0.2) is 30.9 Å². The maximum Gasteiger partial charge on any atom is 0.251 e. The molecule has 0 aromatic heterocycles. The number of hydrogen-bond acceptors (Lipinski definition) is 2. The van der Waals surface area contributed by atoms with Crippen molar-refractivity contribution in [3.8, 4) is 0 Å². The van der Waals surface area contributed by atoms with Gasteiger partial charge in [0, 0.05) is 17.7 Å². The van der Waals surface area contributed by atoms with Crippen molar-refractivity contribution in [3.05, 3.63) is 71.0 Å². The van der Waals surface area contributed by atoms with Gasteiger partial charge in [0.2, 0.25) is 5.91 Å². The summed E-state index contributed by atoms with van der Waals surface area (Å²) in [6, 6.07) is 13.0. The molecular weight excluding hydrogens is 393 g/mol. The molecule has 166 valence electrons. The van der Waals surface area contributed by atoms with Crippen molar-refractivity contribution in [2.75, 3.05) is 13.1 Å². The lowest BCUT2D eigenvalue weighted by Gasteiger charge is -2.23. The van der Waals surface area contributed by atoms with E-state index in [1.54, 1.807) is 4.90 Å². The van der Waals surface area contributed by atoms with E-state index in [4.69, 9.17) is 0 Å². The molecule has 0 aliphatic carbocycles. The first-order valence-corrected chi connectivity index (χ1v) is 11.2. The van der Waals surface area contributed by atoms with Crippen molar-refractivity contribution < 1.29 is 18.9 Å². The van der Waals surface area contributed by atoms with Crippen LogP contribution in [0.3, 0.4) is 0 Å². The van der Waals surface area contributed by atoms with Crippen LogP contribution < -0.4 is 15.5 Å². The molecule has 0 unspecified atom stereocenters. The average Bonchev–Trinajstić information content (AvgIpc) is 2.77. The molecule has 2 amide bonds. The number of nitrogens with one attached hydrogen (secondary N) is 3. The summed E-state index contributed by atoms with van der Waals surface area (Å²) in [6.07, 6.45) is 3.98. The monoisotopic (exact) mass is 426 g/mol. The van der Waals surface area contributed by atoms with Crippen LogP contribution in [0.25, 0.3) is 0 Å². The zero-order valence-corrected chi connectivity index (χ0v) is 18.4. The number of piperidine rings is 1. The normalized spacial score (nSPS) is 15.5. The van der Waals surface area contributed by atoms with Crippen LogP contribution in [0, 0.1) is 11.7 Å². The lowest BCUT2D eigenvalue weighted by Crippen LogP contribution is -3.11. The molecular formula is C25H33FN3O2+. The fraction of sp³-hybridized carbons (Fsp3) is 0.440. The van der Waals surface area contributed by atoms with E-state index in [2.05, 4.69) is 34.9 Å². The van der Waals surface area contributed by atoms with Gasteiger partial charge in [-0.25, -0.2) is 4.39 Å². The Morgan fingerprint density at radius 1 is 0.935 bits per heavy atom. The first-order valence-electron chi connectivity index (χ1n) is 11.2. The van der Waals surface area contributed by atoms with E-state index in [-0.39, 0.29) is 11.8 Å². The minimum atomic E-state index is -0.667. The molecule has 1 aliphatic rings. The molecule has 2 aromatic rings. The standard InChI is InChI=1S/C25H32FN3O2/c1-18(2)23(28-24(30)21-10-12-22(26)13-11-21)25(31)27-16-19-6-8-20(9-7-19)17-29-14-4-3-5-15-29/h6-13,18,23H,3-5,14-17H2,1-2H3,(H,27,31)(H,28,30)/p+1/t23-/m0/s1. The van der Waals surface area contributed by atoms with Crippen LogP contribution in [0.15, 0.2) is 48.5 Å². The topological polar surface area (TPSA) is 62.6 Å². The second-order valence-electron chi connectivity index (χ2n) is 8.72. The number of quaternary nitrogens is 1. The molecule has 0 bridgehead atoms. The molecule has 1 atom stereocenters. The van der Waals surface area contributed by atoms with E-state index < -0.39 is 17.8 Å². The van der Waals surface area contributed by atoms with E-state index in [0.717, 1.165) is 12.1 Å². The van der Waals surface area contributed by atoms with Crippen molar-refractivity contribution >= 4 is 11.8 Å². The van der Waals surface area contributed by atoms with Crippen LogP contribution >= 0.6 is 0 Å². The van der Waals surface area contributed by atoms with Gasteiger partial charge in [-0.05, 0) is 55.0 Å². The summed E-state index contributed by atoms with van der Waals surface area (Å²) >= 11 is 0. The highest BCUT2D eigenvalue weighted by atomic mass is 19.1. The predicted molar refractivity (Wildman–Crippen MR) is 119 cm³/mol. The van der Waals surface area contributed by atoms with Crippen LogP contribution in [-0.2, 0) is 17.9 Å². The van der Waals surface area contributed by atoms with E-state index in [1.165, 1.54) is 62.2 Å². The van der Waals surface area contributed by atoms with Gasteiger partial charge in [-0.2, -0.15) is 0 Å². The summed E-state index contributed by atoms with van der Waals surface area (Å²) in [5.41, 5.74) is 2.67. The van der Waals surface area contributed by atoms with Crippen molar-refractivity contribution in [1.82, 2.24) is 10.6 Å². The Hall–Kier alpha value is -2.73. The molecule has 2 aromatic carbocycles. The zero-order chi connectivity index (χ0) is 22.2. The Morgan fingerprint density at radius 2 is 1.55 bits per heavy atom. The highest BCUT2D eigenvalue weighted by molar-refractivity contribution is 5.97. The van der Waals surface area contributed by atoms with Gasteiger partial charge in [-0.1, -0.05) is 38.1 Å². The highest BCUT2D eigenvalue weighted by Crippen LogP contribution is 2.08. The maximum absolute atomic E-state index is 13.1. The van der Waals surface area contributed by atoms with Crippen LogP contribution in [0.5, 0.6) is 0 Å². The Balaban J connectivity index is 1.52. The molecule has 6 heteroatoms. The molecule has 0 radical (unpaired) electrons. The van der Waals surface area contributed by atoms with E-state index in [9.17, 15) is 14.0 Å². The molecule has 1 heterocycles. The minimum absolute atomic E-state index is 0.0840. The fourth-order valence-electron chi connectivity index (χ4n) is 3.95. The fourth-order valence-corrected chi connectivity index (χ4v) is 3.95. The molecule has 0 spiro atoms. The number of carbonyl (C=O) groups is 2. The van der Waals surface area contributed by atoms with Crippen molar-refractivity contribution in [3.63, 3.8) is 0 Å². The predicted octanol–water partition coefficient (Wildman–Crippen LogP) is 2.47. The van der Waals surface area contributed by atoms with Gasteiger partial charge >= 0.3 is 0 Å². The van der Waals surface area contributed by atoms with Gasteiger partial charge in [-0.15, -0.1) is 0 Å². The lowest BCUT2D eigenvalue weighted by atomic mass is 10.0. The average molecular weight is 427 g/mol. The summed E-state index contributed by atoms with van der Waals surface area (Å²) in [5, 5.41) is 5.69. The summed E-state index contributed by atoms with van der Waals surface area (Å²) in [6.45, 7) is 7.72. The second kappa shape index (κ2) is 11.0. The molecule has 31 heavy (non-hydrogen) atoms. The van der Waals surface area contributed by atoms with Crippen LogP contribution in [0.2, 0.25) is 0 Å². The number of likely N-dealkylation sites (tertiary alicyclic amines) is 1. The first-order chi connectivity index (χ1) is 14.9. The van der Waals surface area contributed by atoms with Gasteiger partial charge in [0.05, 0.1) is 13.1 Å².